The molecule has 0 N–H and O–H groups in total. The molecular formula is C21H31NO. The van der Waals surface area contributed by atoms with Crippen LogP contribution in [-0.2, 0) is 4.79 Å². The maximum absolute atomic E-state index is 13.1. The Morgan fingerprint density at radius 3 is 2.26 bits per heavy atom. The number of hydrogen-bond acceptors (Lipinski definition) is 1. The third-order valence-corrected chi connectivity index (χ3v) is 6.02. The zero-order valence-corrected chi connectivity index (χ0v) is 14.9. The number of rotatable bonds is 2. The van der Waals surface area contributed by atoms with Gasteiger partial charge in [0.05, 0.1) is 6.04 Å². The van der Waals surface area contributed by atoms with E-state index in [0.29, 0.717) is 17.4 Å². The van der Waals surface area contributed by atoms with Crippen molar-refractivity contribution in [3.8, 4) is 0 Å². The minimum atomic E-state index is 0.262. The van der Waals surface area contributed by atoms with Crippen LogP contribution in [0.5, 0.6) is 0 Å². The van der Waals surface area contributed by atoms with E-state index < -0.39 is 0 Å². The van der Waals surface area contributed by atoms with Gasteiger partial charge in [-0.15, -0.1) is 0 Å². The summed E-state index contributed by atoms with van der Waals surface area (Å²) in [4.78, 5) is 15.2. The van der Waals surface area contributed by atoms with Crippen LogP contribution in [0.2, 0.25) is 0 Å². The second-order valence-corrected chi connectivity index (χ2v) is 8.51. The lowest BCUT2D eigenvalue weighted by molar-refractivity contribution is -0.138. The molecule has 2 nitrogen and oxygen atoms in total. The van der Waals surface area contributed by atoms with Gasteiger partial charge < -0.3 is 4.90 Å². The molecular weight excluding hydrogens is 282 g/mol. The van der Waals surface area contributed by atoms with Crippen LogP contribution in [0, 0.1) is 17.3 Å². The summed E-state index contributed by atoms with van der Waals surface area (Å²) in [5.74, 6) is 1.46. The number of carbonyl (C=O) groups is 1. The Hall–Kier alpha value is -1.31. The summed E-state index contributed by atoms with van der Waals surface area (Å²) in [6.07, 6.45) is 6.85. The highest BCUT2D eigenvalue weighted by Crippen LogP contribution is 2.42. The van der Waals surface area contributed by atoms with Crippen LogP contribution in [-0.4, -0.2) is 17.4 Å². The molecule has 1 amide bonds. The van der Waals surface area contributed by atoms with Crippen molar-refractivity contribution in [1.82, 2.24) is 4.90 Å². The Morgan fingerprint density at radius 1 is 1.00 bits per heavy atom. The van der Waals surface area contributed by atoms with Gasteiger partial charge in [-0.1, -0.05) is 51.1 Å². The van der Waals surface area contributed by atoms with E-state index in [-0.39, 0.29) is 5.92 Å². The first-order valence-corrected chi connectivity index (χ1v) is 9.32. The molecule has 0 radical (unpaired) electrons. The van der Waals surface area contributed by atoms with Crippen molar-refractivity contribution in [2.24, 2.45) is 17.3 Å². The average Bonchev–Trinajstić information content (AvgIpc) is 3.04. The lowest BCUT2D eigenvalue weighted by Crippen LogP contribution is -2.38. The molecule has 23 heavy (non-hydrogen) atoms. The largest absolute Gasteiger partial charge is 0.335 e. The molecule has 1 aromatic carbocycles. The summed E-state index contributed by atoms with van der Waals surface area (Å²) < 4.78 is 0. The van der Waals surface area contributed by atoms with Crippen molar-refractivity contribution in [2.75, 3.05) is 6.54 Å². The van der Waals surface area contributed by atoms with Crippen molar-refractivity contribution < 1.29 is 4.79 Å². The van der Waals surface area contributed by atoms with E-state index in [9.17, 15) is 4.79 Å². The van der Waals surface area contributed by atoms with Gasteiger partial charge in [0.15, 0.2) is 0 Å². The first-order chi connectivity index (χ1) is 11.0. The van der Waals surface area contributed by atoms with E-state index in [1.54, 1.807) is 0 Å². The molecule has 1 saturated heterocycles. The van der Waals surface area contributed by atoms with Gasteiger partial charge in [0.1, 0.15) is 0 Å². The van der Waals surface area contributed by atoms with Gasteiger partial charge in [-0.3, -0.25) is 4.79 Å². The minimum absolute atomic E-state index is 0.262. The third-order valence-electron chi connectivity index (χ3n) is 6.02. The summed E-state index contributed by atoms with van der Waals surface area (Å²) >= 11 is 0. The number of carbonyl (C=O) groups excluding carboxylic acids is 1. The van der Waals surface area contributed by atoms with Gasteiger partial charge in [-0.25, -0.2) is 0 Å². The summed E-state index contributed by atoms with van der Waals surface area (Å²) in [6, 6.07) is 10.9. The van der Waals surface area contributed by atoms with Gasteiger partial charge in [-0.05, 0) is 55.4 Å². The van der Waals surface area contributed by atoms with E-state index in [0.717, 1.165) is 38.1 Å². The summed E-state index contributed by atoms with van der Waals surface area (Å²) in [6.45, 7) is 7.96. The van der Waals surface area contributed by atoms with Crippen molar-refractivity contribution >= 4 is 5.91 Å². The number of amides is 1. The molecule has 0 spiro atoms. The monoisotopic (exact) mass is 313 g/mol. The lowest BCUT2D eigenvalue weighted by Gasteiger charge is -2.38. The molecule has 0 bridgehead atoms. The van der Waals surface area contributed by atoms with E-state index in [4.69, 9.17) is 0 Å². The Kier molecular flexibility index (Phi) is 4.79. The predicted octanol–water partition coefficient (Wildman–Crippen LogP) is 5.20. The Bertz CT molecular complexity index is 523. The second kappa shape index (κ2) is 6.67. The van der Waals surface area contributed by atoms with Crippen LogP contribution in [0.15, 0.2) is 30.3 Å². The number of likely N-dealkylation sites (tertiary alicyclic amines) is 1. The van der Waals surface area contributed by atoms with Crippen LogP contribution >= 0.6 is 0 Å². The van der Waals surface area contributed by atoms with Crippen LogP contribution in [0.25, 0.3) is 0 Å². The third kappa shape index (κ3) is 3.62. The smallest absolute Gasteiger partial charge is 0.226 e. The number of hydrogen-bond donors (Lipinski definition) is 0. The molecule has 2 heteroatoms. The second-order valence-electron chi connectivity index (χ2n) is 8.51. The molecule has 1 atom stereocenters. The molecule has 1 unspecified atom stereocenters. The van der Waals surface area contributed by atoms with Gasteiger partial charge >= 0.3 is 0 Å². The highest BCUT2D eigenvalue weighted by molar-refractivity contribution is 5.79. The summed E-state index contributed by atoms with van der Waals surface area (Å²) in [5.41, 5.74) is 1.69. The average molecular weight is 313 g/mol. The van der Waals surface area contributed by atoms with Crippen molar-refractivity contribution in [2.45, 2.75) is 65.3 Å². The molecule has 3 rings (SSSR count). The Labute approximate surface area is 141 Å². The van der Waals surface area contributed by atoms with Crippen LogP contribution < -0.4 is 0 Å². The van der Waals surface area contributed by atoms with E-state index >= 15 is 0 Å². The Morgan fingerprint density at radius 2 is 1.65 bits per heavy atom. The van der Waals surface area contributed by atoms with Gasteiger partial charge in [-0.2, -0.15) is 0 Å². The first kappa shape index (κ1) is 16.5. The topological polar surface area (TPSA) is 20.3 Å². The molecule has 1 saturated carbocycles. The number of benzene rings is 1. The lowest BCUT2D eigenvalue weighted by atomic mass is 9.69. The predicted molar refractivity (Wildman–Crippen MR) is 95.0 cm³/mol. The molecule has 0 aromatic heterocycles. The maximum atomic E-state index is 13.1. The Balaban J connectivity index is 1.64. The van der Waals surface area contributed by atoms with Crippen molar-refractivity contribution in [1.29, 1.82) is 0 Å². The molecule has 126 valence electrons. The molecule has 2 fully saturated rings. The molecule has 1 heterocycles. The fourth-order valence-electron chi connectivity index (χ4n) is 4.49. The highest BCUT2D eigenvalue weighted by Gasteiger charge is 2.37. The van der Waals surface area contributed by atoms with Gasteiger partial charge in [0.2, 0.25) is 5.91 Å². The minimum Gasteiger partial charge on any atom is -0.335 e. The number of nitrogens with zero attached hydrogens (tertiary/aromatic N) is 1. The maximum Gasteiger partial charge on any atom is 0.226 e. The molecule has 1 aliphatic heterocycles. The van der Waals surface area contributed by atoms with Gasteiger partial charge in [0, 0.05) is 12.5 Å². The van der Waals surface area contributed by atoms with Crippen molar-refractivity contribution in [3.63, 3.8) is 0 Å². The van der Waals surface area contributed by atoms with E-state index in [2.05, 4.69) is 56.0 Å². The van der Waals surface area contributed by atoms with Crippen molar-refractivity contribution in [3.05, 3.63) is 35.9 Å². The van der Waals surface area contributed by atoms with E-state index in [1.807, 2.05) is 0 Å². The molecule has 1 aromatic rings. The molecule has 1 aliphatic carbocycles. The summed E-state index contributed by atoms with van der Waals surface area (Å²) in [7, 11) is 0. The molecule has 2 aliphatic rings. The fourth-order valence-corrected chi connectivity index (χ4v) is 4.49. The zero-order valence-electron chi connectivity index (χ0n) is 14.9. The quantitative estimate of drug-likeness (QED) is 0.734. The van der Waals surface area contributed by atoms with E-state index in [1.165, 1.54) is 18.4 Å². The fraction of sp³-hybridized carbons (Fsp3) is 0.667. The van der Waals surface area contributed by atoms with Crippen LogP contribution in [0.4, 0.5) is 0 Å². The normalized spacial score (nSPS) is 28.8. The SMILES string of the molecule is CC(C)(C)C1CCC(C(=O)N2CCCC2c2ccccc2)CC1. The summed E-state index contributed by atoms with van der Waals surface area (Å²) in [5, 5.41) is 0. The van der Waals surface area contributed by atoms with Crippen LogP contribution in [0.3, 0.4) is 0 Å². The highest BCUT2D eigenvalue weighted by atomic mass is 16.2. The van der Waals surface area contributed by atoms with Gasteiger partial charge in [0.25, 0.3) is 0 Å². The standard InChI is InChI=1S/C21H31NO/c1-21(2,3)18-13-11-17(12-14-18)20(23)22-15-7-10-19(22)16-8-5-4-6-9-16/h4-6,8-9,17-19H,7,10-15H2,1-3H3. The first-order valence-electron chi connectivity index (χ1n) is 9.32. The zero-order chi connectivity index (χ0) is 16.4. The van der Waals surface area contributed by atoms with Crippen LogP contribution in [0.1, 0.15) is 70.9 Å².